The number of carbonyl (C=O) groups is 4. The Morgan fingerprint density at radius 2 is 1.39 bits per heavy atom. The third-order valence-corrected chi connectivity index (χ3v) is 9.46. The van der Waals surface area contributed by atoms with Crippen LogP contribution in [0.15, 0.2) is 78.9 Å². The number of ether oxygens (including phenoxy) is 1. The molecule has 0 spiro atoms. The Bertz CT molecular complexity index is 1630. The molecule has 6 rings (SSSR count). The number of hydrogen-bond acceptors (Lipinski definition) is 5. The van der Waals surface area contributed by atoms with Gasteiger partial charge in [0.25, 0.3) is 0 Å². The molecule has 240 valence electrons. The lowest BCUT2D eigenvalue weighted by Gasteiger charge is -2.40. The molecule has 3 heterocycles. The highest BCUT2D eigenvalue weighted by molar-refractivity contribution is 6.02. The van der Waals surface area contributed by atoms with Gasteiger partial charge in [0.05, 0.1) is 18.3 Å². The first-order valence-electron chi connectivity index (χ1n) is 16.0. The van der Waals surface area contributed by atoms with Crippen LogP contribution >= 0.6 is 0 Å². The third-order valence-electron chi connectivity index (χ3n) is 9.46. The molecule has 3 aromatic rings. The Morgan fingerprint density at radius 1 is 0.761 bits per heavy atom. The summed E-state index contributed by atoms with van der Waals surface area (Å²) in [6, 6.07) is 21.3. The van der Waals surface area contributed by atoms with Gasteiger partial charge in [-0.25, -0.2) is 9.59 Å². The molecule has 46 heavy (non-hydrogen) atoms. The molecular weight excluding hydrogens is 582 g/mol. The summed E-state index contributed by atoms with van der Waals surface area (Å²) in [5.41, 5.74) is 4.14. The summed E-state index contributed by atoms with van der Waals surface area (Å²) in [6.07, 6.45) is 1.47. The van der Waals surface area contributed by atoms with Gasteiger partial charge in [0.1, 0.15) is 18.1 Å². The van der Waals surface area contributed by atoms with Gasteiger partial charge in [-0.1, -0.05) is 93.6 Å². The monoisotopic (exact) mass is 623 g/mol. The summed E-state index contributed by atoms with van der Waals surface area (Å²) < 4.78 is 5.73. The summed E-state index contributed by atoms with van der Waals surface area (Å²) >= 11 is 0. The van der Waals surface area contributed by atoms with Gasteiger partial charge in [-0.3, -0.25) is 14.5 Å². The molecule has 9 nitrogen and oxygen atoms in total. The van der Waals surface area contributed by atoms with Gasteiger partial charge in [-0.05, 0) is 53.0 Å². The number of nitrogens with zero attached hydrogens (tertiary/aromatic N) is 3. The average Bonchev–Trinajstić information content (AvgIpc) is 3.66. The van der Waals surface area contributed by atoms with E-state index >= 15 is 0 Å². The lowest BCUT2D eigenvalue weighted by atomic mass is 9.93. The number of likely N-dealkylation sites (tertiary alicyclic amines) is 1. The van der Waals surface area contributed by atoms with Crippen molar-refractivity contribution < 1.29 is 29.0 Å². The second-order valence-electron chi connectivity index (χ2n) is 13.7. The topological polar surface area (TPSA) is 107 Å². The number of rotatable bonds is 6. The summed E-state index contributed by atoms with van der Waals surface area (Å²) in [7, 11) is 0. The van der Waals surface area contributed by atoms with E-state index in [1.165, 1.54) is 9.80 Å². The Morgan fingerprint density at radius 3 is 2.09 bits per heavy atom. The number of hydrogen-bond donors (Lipinski definition) is 1. The number of carboxylic acids is 1. The SMILES string of the molecule is CC(C)(C)CCOC(=O)N1c2ccccc2CC1C(=O)N1C(C(=O)N2Cc3ccccc3CC2C(=O)O)CCC1c1ccccc1. The van der Waals surface area contributed by atoms with Crippen LogP contribution in [-0.2, 0) is 38.5 Å². The van der Waals surface area contributed by atoms with E-state index < -0.39 is 36.2 Å². The molecule has 0 radical (unpaired) electrons. The molecule has 3 aliphatic rings. The van der Waals surface area contributed by atoms with E-state index in [0.29, 0.717) is 24.9 Å². The van der Waals surface area contributed by atoms with Gasteiger partial charge in [0, 0.05) is 19.4 Å². The minimum absolute atomic E-state index is 0.0345. The maximum absolute atomic E-state index is 14.8. The van der Waals surface area contributed by atoms with Crippen LogP contribution in [0.4, 0.5) is 10.5 Å². The molecule has 9 heteroatoms. The van der Waals surface area contributed by atoms with E-state index in [1.807, 2.05) is 78.9 Å². The average molecular weight is 624 g/mol. The highest BCUT2D eigenvalue weighted by atomic mass is 16.6. The molecule has 4 unspecified atom stereocenters. The van der Waals surface area contributed by atoms with Crippen molar-refractivity contribution in [3.05, 3.63) is 101 Å². The van der Waals surface area contributed by atoms with Gasteiger partial charge in [0.2, 0.25) is 11.8 Å². The molecule has 1 N–H and O–H groups in total. The van der Waals surface area contributed by atoms with E-state index in [1.54, 1.807) is 4.90 Å². The molecule has 4 atom stereocenters. The van der Waals surface area contributed by atoms with Gasteiger partial charge in [-0.15, -0.1) is 0 Å². The molecule has 0 bridgehead atoms. The van der Waals surface area contributed by atoms with Crippen LogP contribution in [0.3, 0.4) is 0 Å². The van der Waals surface area contributed by atoms with Crippen LogP contribution in [0, 0.1) is 5.41 Å². The van der Waals surface area contributed by atoms with Crippen molar-refractivity contribution in [1.82, 2.24) is 9.80 Å². The van der Waals surface area contributed by atoms with Gasteiger partial charge in [-0.2, -0.15) is 0 Å². The highest BCUT2D eigenvalue weighted by Crippen LogP contribution is 2.41. The highest BCUT2D eigenvalue weighted by Gasteiger charge is 2.50. The quantitative estimate of drug-likeness (QED) is 0.374. The minimum atomic E-state index is -1.08. The first-order chi connectivity index (χ1) is 22.0. The van der Waals surface area contributed by atoms with Crippen molar-refractivity contribution in [3.63, 3.8) is 0 Å². The van der Waals surface area contributed by atoms with Gasteiger partial charge in [0.15, 0.2) is 0 Å². The first-order valence-corrected chi connectivity index (χ1v) is 16.0. The Kier molecular flexibility index (Phi) is 8.59. The van der Waals surface area contributed by atoms with Crippen LogP contribution < -0.4 is 4.90 Å². The van der Waals surface area contributed by atoms with Crippen molar-refractivity contribution in [1.29, 1.82) is 0 Å². The maximum Gasteiger partial charge on any atom is 0.415 e. The summed E-state index contributed by atoms with van der Waals surface area (Å²) in [6.45, 7) is 6.58. The number of aliphatic carboxylic acids is 1. The third kappa shape index (κ3) is 6.10. The second-order valence-corrected chi connectivity index (χ2v) is 13.7. The predicted octanol–water partition coefficient (Wildman–Crippen LogP) is 5.76. The zero-order valence-electron chi connectivity index (χ0n) is 26.6. The lowest BCUT2D eigenvalue weighted by Crippen LogP contribution is -2.58. The zero-order chi connectivity index (χ0) is 32.6. The van der Waals surface area contributed by atoms with E-state index in [0.717, 1.165) is 22.3 Å². The molecule has 1 fully saturated rings. The van der Waals surface area contributed by atoms with Crippen LogP contribution in [-0.4, -0.2) is 63.5 Å². The molecule has 1 saturated heterocycles. The number of fused-ring (bicyclic) bond motifs is 2. The van der Waals surface area contributed by atoms with E-state index in [2.05, 4.69) is 20.8 Å². The Hall–Kier alpha value is -4.66. The summed E-state index contributed by atoms with van der Waals surface area (Å²) in [5.74, 6) is -1.81. The predicted molar refractivity (Wildman–Crippen MR) is 173 cm³/mol. The number of para-hydroxylation sites is 1. The standard InChI is InChI=1S/C37H41N3O6/c1-37(2,3)19-20-46-36(45)40-28-16-10-9-14-26(28)22-31(40)34(42)39-29(24-11-5-4-6-12-24)17-18-30(39)33(41)38-23-27-15-8-7-13-25(27)21-32(38)35(43)44/h4-16,29-32H,17-23H2,1-3H3,(H,43,44). The largest absolute Gasteiger partial charge is 0.480 e. The van der Waals surface area contributed by atoms with Crippen LogP contribution in [0.2, 0.25) is 0 Å². The lowest BCUT2D eigenvalue weighted by molar-refractivity contribution is -0.155. The molecule has 0 saturated carbocycles. The smallest absolute Gasteiger partial charge is 0.415 e. The van der Waals surface area contributed by atoms with Crippen molar-refractivity contribution in [3.8, 4) is 0 Å². The van der Waals surface area contributed by atoms with Crippen LogP contribution in [0.1, 0.15) is 68.3 Å². The molecule has 0 aromatic heterocycles. The van der Waals surface area contributed by atoms with E-state index in [-0.39, 0.29) is 43.2 Å². The maximum atomic E-state index is 14.8. The Labute approximate surface area is 269 Å². The number of amides is 3. The number of anilines is 1. The zero-order valence-corrected chi connectivity index (χ0v) is 26.6. The van der Waals surface area contributed by atoms with Crippen LogP contribution in [0.25, 0.3) is 0 Å². The molecule has 3 amide bonds. The molecule has 3 aromatic carbocycles. The molecule has 0 aliphatic carbocycles. The molecular formula is C37H41N3O6. The van der Waals surface area contributed by atoms with Gasteiger partial charge >= 0.3 is 12.1 Å². The molecule has 3 aliphatic heterocycles. The first kappa shape index (κ1) is 31.3. The fourth-order valence-corrected chi connectivity index (χ4v) is 7.03. The fraction of sp³-hybridized carbons (Fsp3) is 0.405. The summed E-state index contributed by atoms with van der Waals surface area (Å²) in [4.78, 5) is 59.9. The number of carboxylic acid groups (broad SMARTS) is 1. The number of carbonyl (C=O) groups excluding carboxylic acids is 3. The van der Waals surface area contributed by atoms with Crippen molar-refractivity contribution in [2.45, 2.75) is 83.6 Å². The number of benzene rings is 3. The minimum Gasteiger partial charge on any atom is -0.480 e. The van der Waals surface area contributed by atoms with E-state index in [4.69, 9.17) is 4.74 Å². The van der Waals surface area contributed by atoms with E-state index in [9.17, 15) is 24.3 Å². The fourth-order valence-electron chi connectivity index (χ4n) is 7.03. The van der Waals surface area contributed by atoms with Crippen molar-refractivity contribution >= 4 is 29.6 Å². The van der Waals surface area contributed by atoms with Gasteiger partial charge < -0.3 is 19.6 Å². The second kappa shape index (κ2) is 12.6. The normalized spacial score (nSPS) is 22.3. The van der Waals surface area contributed by atoms with Crippen molar-refractivity contribution in [2.75, 3.05) is 11.5 Å². The van der Waals surface area contributed by atoms with Crippen molar-refractivity contribution in [2.24, 2.45) is 5.41 Å². The van der Waals surface area contributed by atoms with Crippen LogP contribution in [0.5, 0.6) is 0 Å². The Balaban J connectivity index is 1.34. The summed E-state index contributed by atoms with van der Waals surface area (Å²) in [5, 5.41) is 10.2.